The average molecular weight is 714 g/mol. The number of alkyl halides is 3. The third kappa shape index (κ3) is 8.97. The van der Waals surface area contributed by atoms with Crippen molar-refractivity contribution >= 4 is 58.3 Å². The lowest BCUT2D eigenvalue weighted by molar-refractivity contribution is -0.150. The van der Waals surface area contributed by atoms with Gasteiger partial charge in [-0.1, -0.05) is 35.9 Å². The van der Waals surface area contributed by atoms with Gasteiger partial charge in [-0.05, 0) is 58.5 Å². The maximum atomic E-state index is 13.5. The third-order valence-corrected chi connectivity index (χ3v) is 7.67. The molecule has 50 heavy (non-hydrogen) atoms. The molecule has 2 heterocycles. The topological polar surface area (TPSA) is 192 Å². The van der Waals surface area contributed by atoms with Crippen LogP contribution in [0.1, 0.15) is 15.9 Å². The van der Waals surface area contributed by atoms with Crippen molar-refractivity contribution in [3.05, 3.63) is 89.2 Å². The van der Waals surface area contributed by atoms with Gasteiger partial charge in [0.25, 0.3) is 0 Å². The first-order valence-corrected chi connectivity index (χ1v) is 15.1. The van der Waals surface area contributed by atoms with E-state index in [0.717, 1.165) is 4.90 Å². The molecule has 4 amide bonds. The molecule has 1 aliphatic rings. The Labute approximate surface area is 286 Å². The second-order valence-corrected chi connectivity index (χ2v) is 11.4. The van der Waals surface area contributed by atoms with Crippen LogP contribution in [0.25, 0.3) is 5.69 Å². The number of carboxylic acid groups (broad SMARTS) is 1. The normalized spacial score (nSPS) is 14.2. The summed E-state index contributed by atoms with van der Waals surface area (Å²) in [5, 5.41) is 27.9. The number of hydrogen-bond donors (Lipinski definition) is 4. The quantitative estimate of drug-likeness (QED) is 0.178. The highest BCUT2D eigenvalue weighted by molar-refractivity contribution is 6.40. The first-order chi connectivity index (χ1) is 23.8. The van der Waals surface area contributed by atoms with E-state index in [1.165, 1.54) is 70.5 Å². The summed E-state index contributed by atoms with van der Waals surface area (Å²) in [4.78, 5) is 66.5. The molecule has 0 bridgehead atoms. The second kappa shape index (κ2) is 15.1. The number of para-hydroxylation sites is 1. The summed E-state index contributed by atoms with van der Waals surface area (Å²) < 4.78 is 39.6. The van der Waals surface area contributed by atoms with Crippen molar-refractivity contribution in [3.8, 4) is 5.69 Å². The van der Waals surface area contributed by atoms with E-state index in [9.17, 15) is 42.3 Å². The Morgan fingerprint density at radius 1 is 0.940 bits per heavy atom. The Bertz CT molecular complexity index is 1910. The SMILES string of the molecule is O=C(Nc1cc(Cl)ccc1-n1cnnn1)C(=O)NC(Cc1ccc(N2CCN(CC(F)(F)F)CC2=O)cc1)C(=O)Nc1ccccc1C(=O)O. The number of amides is 4. The molecule has 4 N–H and O–H groups in total. The standard InChI is InChI=1S/C31H27ClF3N9O6/c32-19-7-10-25(44-17-36-40-41-44)23(14-19)38-28(47)29(48)39-24(27(46)37-22-4-2-1-3-21(22)30(49)50)13-18-5-8-20(9-6-18)43-12-11-42(15-26(43)45)16-31(33,34)35/h1-10,14,17,24H,11-13,15-16H2,(H,37,46)(H,38,47)(H,39,48)(H,49,50). The Morgan fingerprint density at radius 3 is 2.34 bits per heavy atom. The molecule has 15 nitrogen and oxygen atoms in total. The number of aromatic nitrogens is 4. The van der Waals surface area contributed by atoms with Gasteiger partial charge in [0.05, 0.1) is 35.7 Å². The molecule has 0 spiro atoms. The fraction of sp³-hybridized carbons (Fsp3) is 0.226. The monoisotopic (exact) mass is 713 g/mol. The predicted octanol–water partition coefficient (Wildman–Crippen LogP) is 2.53. The van der Waals surface area contributed by atoms with Crippen LogP contribution in [0, 0.1) is 0 Å². The number of carboxylic acids is 1. The second-order valence-electron chi connectivity index (χ2n) is 11.0. The summed E-state index contributed by atoms with van der Waals surface area (Å²) in [6, 6.07) is 14.7. The predicted molar refractivity (Wildman–Crippen MR) is 172 cm³/mol. The highest BCUT2D eigenvalue weighted by atomic mass is 35.5. The molecule has 1 aliphatic heterocycles. The van der Waals surface area contributed by atoms with Crippen LogP contribution < -0.4 is 20.9 Å². The molecule has 0 aliphatic carbocycles. The van der Waals surface area contributed by atoms with Crippen LogP contribution in [0.5, 0.6) is 0 Å². The molecule has 4 aromatic rings. The number of nitrogens with zero attached hydrogens (tertiary/aromatic N) is 6. The Hall–Kier alpha value is -5.88. The van der Waals surface area contributed by atoms with Crippen LogP contribution in [-0.2, 0) is 25.6 Å². The summed E-state index contributed by atoms with van der Waals surface area (Å²) in [5.41, 5.74) is 0.942. The zero-order chi connectivity index (χ0) is 36.0. The molecule has 5 rings (SSSR count). The molecular weight excluding hydrogens is 687 g/mol. The third-order valence-electron chi connectivity index (χ3n) is 7.44. The van der Waals surface area contributed by atoms with E-state index in [4.69, 9.17) is 11.6 Å². The number of benzene rings is 3. The zero-order valence-electron chi connectivity index (χ0n) is 25.7. The van der Waals surface area contributed by atoms with Crippen molar-refractivity contribution in [1.29, 1.82) is 0 Å². The van der Waals surface area contributed by atoms with Gasteiger partial charge in [0.2, 0.25) is 11.8 Å². The number of carbonyl (C=O) groups is 5. The van der Waals surface area contributed by atoms with Crippen molar-refractivity contribution in [2.45, 2.75) is 18.6 Å². The summed E-state index contributed by atoms with van der Waals surface area (Å²) in [7, 11) is 0. The van der Waals surface area contributed by atoms with Crippen molar-refractivity contribution in [2.75, 3.05) is 41.7 Å². The maximum Gasteiger partial charge on any atom is 0.401 e. The van der Waals surface area contributed by atoms with Gasteiger partial charge < -0.3 is 26.0 Å². The lowest BCUT2D eigenvalue weighted by atomic mass is 10.0. The van der Waals surface area contributed by atoms with E-state index >= 15 is 0 Å². The molecule has 0 saturated carbocycles. The summed E-state index contributed by atoms with van der Waals surface area (Å²) in [6.45, 7) is -1.58. The highest BCUT2D eigenvalue weighted by Crippen LogP contribution is 2.25. The number of carbonyl (C=O) groups excluding carboxylic acids is 4. The van der Waals surface area contributed by atoms with Crippen molar-refractivity contribution < 1.29 is 42.3 Å². The number of hydrogen-bond acceptors (Lipinski definition) is 9. The van der Waals surface area contributed by atoms with Gasteiger partial charge in [0.1, 0.15) is 12.4 Å². The molecule has 1 saturated heterocycles. The fourth-order valence-electron chi connectivity index (χ4n) is 5.12. The summed E-state index contributed by atoms with van der Waals surface area (Å²) in [6.07, 6.45) is -3.38. The molecule has 260 valence electrons. The van der Waals surface area contributed by atoms with Crippen LogP contribution in [0.4, 0.5) is 30.2 Å². The first kappa shape index (κ1) is 35.4. The van der Waals surface area contributed by atoms with Gasteiger partial charge >= 0.3 is 24.0 Å². The number of anilines is 3. The lowest BCUT2D eigenvalue weighted by Crippen LogP contribution is -2.52. The molecule has 3 aromatic carbocycles. The minimum Gasteiger partial charge on any atom is -0.478 e. The molecule has 19 heteroatoms. The number of nitrogens with one attached hydrogen (secondary N) is 3. The van der Waals surface area contributed by atoms with Crippen LogP contribution in [-0.4, -0.2) is 98.2 Å². The Morgan fingerprint density at radius 2 is 1.68 bits per heavy atom. The van der Waals surface area contributed by atoms with Gasteiger partial charge in [-0.15, -0.1) is 5.10 Å². The largest absolute Gasteiger partial charge is 0.478 e. The summed E-state index contributed by atoms with van der Waals surface area (Å²) >= 11 is 6.10. The van der Waals surface area contributed by atoms with E-state index in [-0.39, 0.29) is 47.2 Å². The number of aromatic carboxylic acids is 1. The smallest absolute Gasteiger partial charge is 0.401 e. The van der Waals surface area contributed by atoms with Crippen molar-refractivity contribution in [2.24, 2.45) is 0 Å². The molecule has 1 aromatic heterocycles. The van der Waals surface area contributed by atoms with E-state index in [1.54, 1.807) is 12.1 Å². The molecular formula is C31H27ClF3N9O6. The van der Waals surface area contributed by atoms with Crippen molar-refractivity contribution in [1.82, 2.24) is 30.4 Å². The average Bonchev–Trinajstić information content (AvgIpc) is 3.59. The Balaban J connectivity index is 1.33. The van der Waals surface area contributed by atoms with Gasteiger partial charge in [0.15, 0.2) is 0 Å². The Kier molecular flexibility index (Phi) is 10.7. The molecule has 0 radical (unpaired) electrons. The van der Waals surface area contributed by atoms with E-state index in [0.29, 0.717) is 11.3 Å². The van der Waals surface area contributed by atoms with Crippen molar-refractivity contribution in [3.63, 3.8) is 0 Å². The minimum absolute atomic E-state index is 0.00750. The van der Waals surface area contributed by atoms with Crippen LogP contribution >= 0.6 is 11.6 Å². The van der Waals surface area contributed by atoms with E-state index in [2.05, 4.69) is 31.5 Å². The summed E-state index contributed by atoms with van der Waals surface area (Å²) in [5.74, 6) is -5.09. The first-order valence-electron chi connectivity index (χ1n) is 14.7. The minimum atomic E-state index is -4.44. The fourth-order valence-corrected chi connectivity index (χ4v) is 5.29. The van der Waals surface area contributed by atoms with Gasteiger partial charge in [-0.3, -0.25) is 24.1 Å². The maximum absolute atomic E-state index is 13.5. The zero-order valence-corrected chi connectivity index (χ0v) is 26.5. The van der Waals surface area contributed by atoms with Gasteiger partial charge in [-0.25, -0.2) is 4.79 Å². The van der Waals surface area contributed by atoms with Gasteiger partial charge in [0, 0.05) is 30.2 Å². The molecule has 1 atom stereocenters. The van der Waals surface area contributed by atoms with E-state index < -0.39 is 54.9 Å². The van der Waals surface area contributed by atoms with E-state index in [1.807, 2.05) is 0 Å². The number of halogens is 4. The van der Waals surface area contributed by atoms with Crippen LogP contribution in [0.3, 0.4) is 0 Å². The van der Waals surface area contributed by atoms with Crippen LogP contribution in [0.15, 0.2) is 73.1 Å². The van der Waals surface area contributed by atoms with Crippen LogP contribution in [0.2, 0.25) is 5.02 Å². The number of tetrazole rings is 1. The highest BCUT2D eigenvalue weighted by Gasteiger charge is 2.35. The number of rotatable bonds is 10. The number of piperazine rings is 1. The van der Waals surface area contributed by atoms with Gasteiger partial charge in [-0.2, -0.15) is 17.9 Å². The molecule has 1 fully saturated rings. The molecule has 1 unspecified atom stereocenters. The lowest BCUT2D eigenvalue weighted by Gasteiger charge is -2.34.